The molecule has 0 spiro atoms. The second-order valence-corrected chi connectivity index (χ2v) is 2.98. The fraction of sp³-hybridized carbons (Fsp3) is 0.800. The Morgan fingerprint density at radius 1 is 0.750 bits per heavy atom. The molecule has 0 unspecified atom stereocenters. The molecule has 16 heavy (non-hydrogen) atoms. The Kier molecular flexibility index (Phi) is 9.64. The van der Waals surface area contributed by atoms with Gasteiger partial charge >= 0.3 is 0 Å². The van der Waals surface area contributed by atoms with E-state index in [1.54, 1.807) is 0 Å². The Labute approximate surface area is 95.8 Å². The molecule has 0 fully saturated rings. The normalized spacial score (nSPS) is 9.88. The Morgan fingerprint density at radius 2 is 1.12 bits per heavy atom. The second kappa shape index (κ2) is 10.4. The highest BCUT2D eigenvalue weighted by Crippen LogP contribution is 1.89. The van der Waals surface area contributed by atoms with Gasteiger partial charge in [-0.1, -0.05) is 0 Å². The summed E-state index contributed by atoms with van der Waals surface area (Å²) in [5.41, 5.74) is 0. The molecule has 0 atom stereocenters. The van der Waals surface area contributed by atoms with Crippen molar-refractivity contribution in [3.05, 3.63) is 0 Å². The molecule has 0 aromatic carbocycles. The van der Waals surface area contributed by atoms with Crippen molar-refractivity contribution in [1.29, 1.82) is 10.8 Å². The first kappa shape index (κ1) is 14.9. The van der Waals surface area contributed by atoms with Gasteiger partial charge in [-0.25, -0.2) is 0 Å². The summed E-state index contributed by atoms with van der Waals surface area (Å²) in [7, 11) is 2.94. The van der Waals surface area contributed by atoms with Crippen LogP contribution in [0.15, 0.2) is 0 Å². The van der Waals surface area contributed by atoms with Crippen molar-refractivity contribution < 1.29 is 18.9 Å². The highest BCUT2D eigenvalue weighted by Gasteiger charge is 1.97. The zero-order valence-electron chi connectivity index (χ0n) is 9.88. The summed E-state index contributed by atoms with van der Waals surface area (Å²) < 4.78 is 19.8. The van der Waals surface area contributed by atoms with Gasteiger partial charge in [-0.2, -0.15) is 0 Å². The van der Waals surface area contributed by atoms with Crippen molar-refractivity contribution in [3.63, 3.8) is 0 Å². The molecule has 0 aromatic rings. The van der Waals surface area contributed by atoms with Crippen LogP contribution in [0.4, 0.5) is 0 Å². The lowest BCUT2D eigenvalue weighted by atomic mass is 10.4. The van der Waals surface area contributed by atoms with E-state index < -0.39 is 0 Å². The van der Waals surface area contributed by atoms with Gasteiger partial charge in [0.1, 0.15) is 0 Å². The number of nitrogens with one attached hydrogen (secondary N) is 2. The van der Waals surface area contributed by atoms with Crippen molar-refractivity contribution in [2.24, 2.45) is 0 Å². The standard InChI is InChI=1S/C10H20N2O4/c1-13-9(11)3-5-15-7-8-16-6-4-10(12)14-2/h11-12H,3-8H2,1-2H3. The lowest BCUT2D eigenvalue weighted by Gasteiger charge is -2.06. The molecule has 0 aliphatic rings. The largest absolute Gasteiger partial charge is 0.484 e. The van der Waals surface area contributed by atoms with E-state index in [1.807, 2.05) is 0 Å². The summed E-state index contributed by atoms with van der Waals surface area (Å²) in [4.78, 5) is 0. The molecule has 0 aliphatic carbocycles. The van der Waals surface area contributed by atoms with Crippen LogP contribution in [0.5, 0.6) is 0 Å². The topological polar surface area (TPSA) is 84.6 Å². The first-order chi connectivity index (χ1) is 7.70. The van der Waals surface area contributed by atoms with Crippen molar-refractivity contribution in [2.45, 2.75) is 12.8 Å². The van der Waals surface area contributed by atoms with E-state index in [-0.39, 0.29) is 11.8 Å². The van der Waals surface area contributed by atoms with Gasteiger partial charge in [0.05, 0.1) is 40.6 Å². The van der Waals surface area contributed by atoms with Gasteiger partial charge in [-0.15, -0.1) is 0 Å². The molecule has 0 heterocycles. The zero-order chi connectivity index (χ0) is 12.2. The minimum Gasteiger partial charge on any atom is -0.484 e. The van der Waals surface area contributed by atoms with Crippen LogP contribution in [0.25, 0.3) is 0 Å². The van der Waals surface area contributed by atoms with Crippen molar-refractivity contribution >= 4 is 11.8 Å². The number of hydrogen-bond acceptors (Lipinski definition) is 6. The molecule has 0 rings (SSSR count). The summed E-state index contributed by atoms with van der Waals surface area (Å²) in [6.07, 6.45) is 0.954. The number of rotatable bonds is 9. The third kappa shape index (κ3) is 9.42. The molecule has 0 aromatic heterocycles. The van der Waals surface area contributed by atoms with Crippen LogP contribution >= 0.6 is 0 Å². The number of hydrogen-bond donors (Lipinski definition) is 2. The summed E-state index contributed by atoms with van der Waals surface area (Å²) in [6.45, 7) is 1.89. The van der Waals surface area contributed by atoms with Gasteiger partial charge in [0.25, 0.3) is 0 Å². The van der Waals surface area contributed by atoms with Crippen LogP contribution in [-0.4, -0.2) is 52.4 Å². The first-order valence-electron chi connectivity index (χ1n) is 5.09. The quantitative estimate of drug-likeness (QED) is 0.353. The monoisotopic (exact) mass is 232 g/mol. The van der Waals surface area contributed by atoms with Crippen molar-refractivity contribution in [2.75, 3.05) is 40.6 Å². The minimum atomic E-state index is 0.217. The maximum absolute atomic E-state index is 7.18. The maximum atomic E-state index is 7.18. The average molecular weight is 232 g/mol. The summed E-state index contributed by atoms with van der Waals surface area (Å²) in [5, 5.41) is 14.4. The van der Waals surface area contributed by atoms with Gasteiger partial charge in [-0.3, -0.25) is 10.8 Å². The lowest BCUT2D eigenvalue weighted by molar-refractivity contribution is 0.0509. The van der Waals surface area contributed by atoms with E-state index in [1.165, 1.54) is 14.2 Å². The van der Waals surface area contributed by atoms with Crippen LogP contribution in [0, 0.1) is 10.8 Å². The Bertz CT molecular complexity index is 187. The van der Waals surface area contributed by atoms with Gasteiger partial charge in [0.15, 0.2) is 11.8 Å². The molecular formula is C10H20N2O4. The molecule has 2 N–H and O–H groups in total. The van der Waals surface area contributed by atoms with Gasteiger partial charge in [-0.05, 0) is 0 Å². The smallest absolute Gasteiger partial charge is 0.182 e. The zero-order valence-corrected chi connectivity index (χ0v) is 9.88. The number of methoxy groups -OCH3 is 2. The summed E-state index contributed by atoms with van der Waals surface area (Å²) in [6, 6.07) is 0. The Morgan fingerprint density at radius 3 is 1.44 bits per heavy atom. The molecule has 0 aliphatic heterocycles. The third-order valence-electron chi connectivity index (χ3n) is 1.81. The molecule has 0 saturated heterocycles. The molecule has 6 nitrogen and oxygen atoms in total. The second-order valence-electron chi connectivity index (χ2n) is 2.98. The summed E-state index contributed by atoms with van der Waals surface area (Å²) in [5.74, 6) is 0.434. The Balaban J connectivity index is 3.10. The van der Waals surface area contributed by atoms with Gasteiger partial charge < -0.3 is 18.9 Å². The molecule has 0 saturated carbocycles. The van der Waals surface area contributed by atoms with Crippen molar-refractivity contribution in [3.8, 4) is 0 Å². The van der Waals surface area contributed by atoms with Crippen LogP contribution in [-0.2, 0) is 18.9 Å². The Hall–Kier alpha value is -1.14. The van der Waals surface area contributed by atoms with E-state index in [4.69, 9.17) is 20.3 Å². The van der Waals surface area contributed by atoms with Crippen LogP contribution < -0.4 is 0 Å². The van der Waals surface area contributed by atoms with E-state index in [9.17, 15) is 0 Å². The molecular weight excluding hydrogens is 212 g/mol. The maximum Gasteiger partial charge on any atom is 0.182 e. The van der Waals surface area contributed by atoms with Gasteiger partial charge in [0.2, 0.25) is 0 Å². The lowest BCUT2D eigenvalue weighted by Crippen LogP contribution is -2.11. The third-order valence-corrected chi connectivity index (χ3v) is 1.81. The SMILES string of the molecule is COC(=N)CCOCCOCCC(=N)OC. The van der Waals surface area contributed by atoms with E-state index in [0.29, 0.717) is 39.3 Å². The van der Waals surface area contributed by atoms with E-state index in [0.717, 1.165) is 0 Å². The van der Waals surface area contributed by atoms with Crippen molar-refractivity contribution in [1.82, 2.24) is 0 Å². The first-order valence-corrected chi connectivity index (χ1v) is 5.09. The van der Waals surface area contributed by atoms with Crippen LogP contribution in [0.3, 0.4) is 0 Å². The van der Waals surface area contributed by atoms with E-state index in [2.05, 4.69) is 9.47 Å². The fourth-order valence-corrected chi connectivity index (χ4v) is 0.856. The number of ether oxygens (including phenoxy) is 4. The average Bonchev–Trinajstić information content (AvgIpc) is 2.31. The molecule has 94 valence electrons. The van der Waals surface area contributed by atoms with E-state index >= 15 is 0 Å². The minimum absolute atomic E-state index is 0.217. The molecule has 0 amide bonds. The van der Waals surface area contributed by atoms with Crippen LogP contribution in [0.2, 0.25) is 0 Å². The van der Waals surface area contributed by atoms with Crippen LogP contribution in [0.1, 0.15) is 12.8 Å². The summed E-state index contributed by atoms with van der Waals surface area (Å²) >= 11 is 0. The predicted octanol–water partition coefficient (Wildman–Crippen LogP) is 1.05. The molecule has 6 heteroatoms. The highest BCUT2D eigenvalue weighted by atomic mass is 16.5. The molecule has 0 bridgehead atoms. The fourth-order valence-electron chi connectivity index (χ4n) is 0.856. The predicted molar refractivity (Wildman–Crippen MR) is 60.3 cm³/mol. The molecule has 0 radical (unpaired) electrons. The van der Waals surface area contributed by atoms with Gasteiger partial charge in [0, 0.05) is 12.8 Å². The highest BCUT2D eigenvalue weighted by molar-refractivity contribution is 5.72.